The predicted octanol–water partition coefficient (Wildman–Crippen LogP) is 2.97. The molecule has 0 aliphatic rings. The summed E-state index contributed by atoms with van der Waals surface area (Å²) in [6.45, 7) is 1.66. The van der Waals surface area contributed by atoms with E-state index in [0.717, 1.165) is 11.3 Å². The Balaban J connectivity index is 1.99. The van der Waals surface area contributed by atoms with Gasteiger partial charge < -0.3 is 9.15 Å². The van der Waals surface area contributed by atoms with Crippen LogP contribution in [0.1, 0.15) is 17.1 Å². The average Bonchev–Trinajstić information content (AvgIpc) is 2.87. The zero-order valence-corrected chi connectivity index (χ0v) is 11.7. The molecule has 2 rings (SSSR count). The topological polar surface area (TPSA) is 83.4 Å². The maximum atomic E-state index is 8.85. The molecule has 21 heavy (non-hydrogen) atoms. The number of aryl methyl sites for hydroxylation is 1. The molecule has 0 atom stereocenters. The number of hydrogen-bond donors (Lipinski definition) is 1. The average molecular weight is 282 g/mol. The molecule has 2 aromatic rings. The summed E-state index contributed by atoms with van der Waals surface area (Å²) in [7, 11) is 1.62. The lowest BCUT2D eigenvalue weighted by molar-refractivity contribution is 0.414. The number of oxazole rings is 1. The second-order valence-corrected chi connectivity index (χ2v) is 4.01. The number of nitriles is 1. The van der Waals surface area contributed by atoms with Crippen LogP contribution >= 0.6 is 0 Å². The van der Waals surface area contributed by atoms with E-state index in [-0.39, 0.29) is 11.6 Å². The number of methoxy groups -OCH3 is 1. The van der Waals surface area contributed by atoms with Crippen LogP contribution in [0.3, 0.4) is 0 Å². The number of hydrazone groups is 1. The standard InChI is InChI=1S/C15H14N4O2/c1-11-18-13(10-16)15(21-11)19-17-9-5-7-12-6-3-4-8-14(12)20-2/h3-9,19H,1-2H3. The number of benzene rings is 1. The predicted molar refractivity (Wildman–Crippen MR) is 80.1 cm³/mol. The van der Waals surface area contributed by atoms with Gasteiger partial charge in [-0.25, -0.2) is 10.4 Å². The molecule has 6 heteroatoms. The summed E-state index contributed by atoms with van der Waals surface area (Å²) < 4.78 is 10.4. The van der Waals surface area contributed by atoms with E-state index in [1.54, 1.807) is 26.3 Å². The lowest BCUT2D eigenvalue weighted by Crippen LogP contribution is -1.89. The van der Waals surface area contributed by atoms with Crippen molar-refractivity contribution in [3.63, 3.8) is 0 Å². The molecule has 0 spiro atoms. The van der Waals surface area contributed by atoms with Gasteiger partial charge in [0.25, 0.3) is 5.88 Å². The number of nitrogens with zero attached hydrogens (tertiary/aromatic N) is 3. The van der Waals surface area contributed by atoms with Crippen LogP contribution in [0.15, 0.2) is 39.9 Å². The second kappa shape index (κ2) is 6.91. The van der Waals surface area contributed by atoms with Crippen LogP contribution in [0.25, 0.3) is 6.08 Å². The van der Waals surface area contributed by atoms with Gasteiger partial charge in [0.1, 0.15) is 11.8 Å². The van der Waals surface area contributed by atoms with E-state index in [2.05, 4.69) is 15.5 Å². The Bertz CT molecular complexity index is 711. The minimum atomic E-state index is 0.179. The van der Waals surface area contributed by atoms with Crippen molar-refractivity contribution in [2.45, 2.75) is 6.92 Å². The number of nitrogens with one attached hydrogen (secondary N) is 1. The number of para-hydroxylation sites is 1. The van der Waals surface area contributed by atoms with Gasteiger partial charge in [0.15, 0.2) is 5.89 Å². The first kappa shape index (κ1) is 14.3. The van der Waals surface area contributed by atoms with Crippen molar-refractivity contribution in [1.82, 2.24) is 4.98 Å². The Morgan fingerprint density at radius 1 is 1.43 bits per heavy atom. The minimum Gasteiger partial charge on any atom is -0.496 e. The first-order valence-corrected chi connectivity index (χ1v) is 6.21. The van der Waals surface area contributed by atoms with Crippen LogP contribution in [-0.2, 0) is 0 Å². The number of aromatic nitrogens is 1. The number of rotatable bonds is 5. The largest absolute Gasteiger partial charge is 0.496 e. The highest BCUT2D eigenvalue weighted by molar-refractivity contribution is 5.79. The molecule has 0 amide bonds. The lowest BCUT2D eigenvalue weighted by atomic mass is 10.2. The van der Waals surface area contributed by atoms with E-state index < -0.39 is 0 Å². The summed E-state index contributed by atoms with van der Waals surface area (Å²) in [6.07, 6.45) is 5.16. The summed E-state index contributed by atoms with van der Waals surface area (Å²) in [5.41, 5.74) is 3.76. The van der Waals surface area contributed by atoms with E-state index in [4.69, 9.17) is 14.4 Å². The summed E-state index contributed by atoms with van der Waals surface area (Å²) in [5.74, 6) is 1.43. The van der Waals surface area contributed by atoms with Gasteiger partial charge >= 0.3 is 0 Å². The summed E-state index contributed by atoms with van der Waals surface area (Å²) in [4.78, 5) is 3.90. The Hall–Kier alpha value is -3.07. The SMILES string of the molecule is COc1ccccc1C=CC=NNc1oc(C)nc1C#N. The zero-order chi connectivity index (χ0) is 15.1. The third-order valence-electron chi connectivity index (χ3n) is 2.58. The van der Waals surface area contributed by atoms with Crippen molar-refractivity contribution in [2.24, 2.45) is 5.10 Å². The number of anilines is 1. The van der Waals surface area contributed by atoms with E-state index in [1.165, 1.54) is 0 Å². The van der Waals surface area contributed by atoms with Gasteiger partial charge in [-0.15, -0.1) is 0 Å². The van der Waals surface area contributed by atoms with Crippen LogP contribution in [0, 0.1) is 18.3 Å². The molecule has 0 saturated carbocycles. The van der Waals surface area contributed by atoms with Gasteiger partial charge in [-0.05, 0) is 18.2 Å². The first-order chi connectivity index (χ1) is 10.2. The van der Waals surface area contributed by atoms with Crippen molar-refractivity contribution in [2.75, 3.05) is 12.5 Å². The minimum absolute atomic E-state index is 0.179. The lowest BCUT2D eigenvalue weighted by Gasteiger charge is -2.02. The molecular formula is C15H14N4O2. The molecule has 0 aliphatic heterocycles. The quantitative estimate of drug-likeness (QED) is 0.673. The van der Waals surface area contributed by atoms with E-state index >= 15 is 0 Å². The molecule has 0 fully saturated rings. The fraction of sp³-hybridized carbons (Fsp3) is 0.133. The Morgan fingerprint density at radius 3 is 3.00 bits per heavy atom. The van der Waals surface area contributed by atoms with E-state index in [9.17, 15) is 0 Å². The maximum Gasteiger partial charge on any atom is 0.252 e. The molecule has 1 N–H and O–H groups in total. The monoisotopic (exact) mass is 282 g/mol. The normalized spacial score (nSPS) is 10.9. The van der Waals surface area contributed by atoms with Crippen molar-refractivity contribution in [1.29, 1.82) is 5.26 Å². The maximum absolute atomic E-state index is 8.85. The van der Waals surface area contributed by atoms with Crippen LogP contribution in [0.5, 0.6) is 5.75 Å². The third-order valence-corrected chi connectivity index (χ3v) is 2.58. The fourth-order valence-electron chi connectivity index (χ4n) is 1.67. The molecule has 106 valence electrons. The highest BCUT2D eigenvalue weighted by Crippen LogP contribution is 2.18. The van der Waals surface area contributed by atoms with Gasteiger partial charge in [-0.3, -0.25) is 0 Å². The highest BCUT2D eigenvalue weighted by Gasteiger charge is 2.08. The fourth-order valence-corrected chi connectivity index (χ4v) is 1.67. The van der Waals surface area contributed by atoms with Gasteiger partial charge in [0.2, 0.25) is 5.69 Å². The molecule has 1 aromatic carbocycles. The first-order valence-electron chi connectivity index (χ1n) is 6.21. The molecule has 6 nitrogen and oxygen atoms in total. The second-order valence-electron chi connectivity index (χ2n) is 4.01. The van der Waals surface area contributed by atoms with Crippen LogP contribution in [0.4, 0.5) is 5.88 Å². The Kier molecular flexibility index (Phi) is 4.72. The smallest absolute Gasteiger partial charge is 0.252 e. The van der Waals surface area contributed by atoms with Crippen LogP contribution in [-0.4, -0.2) is 18.3 Å². The van der Waals surface area contributed by atoms with Gasteiger partial charge in [-0.2, -0.15) is 10.4 Å². The van der Waals surface area contributed by atoms with Crippen molar-refractivity contribution >= 4 is 18.2 Å². The number of allylic oxidation sites excluding steroid dienone is 1. The number of hydrogen-bond acceptors (Lipinski definition) is 6. The summed E-state index contributed by atoms with van der Waals surface area (Å²) in [6, 6.07) is 9.57. The molecule has 0 unspecified atom stereocenters. The van der Waals surface area contributed by atoms with Crippen LogP contribution in [0.2, 0.25) is 0 Å². The molecule has 0 bridgehead atoms. The summed E-state index contributed by atoms with van der Waals surface area (Å²) in [5, 5.41) is 12.8. The summed E-state index contributed by atoms with van der Waals surface area (Å²) >= 11 is 0. The van der Waals surface area contributed by atoms with Gasteiger partial charge in [0.05, 0.1) is 7.11 Å². The molecular weight excluding hydrogens is 268 g/mol. The zero-order valence-electron chi connectivity index (χ0n) is 11.7. The van der Waals surface area contributed by atoms with Gasteiger partial charge in [0, 0.05) is 18.7 Å². The van der Waals surface area contributed by atoms with E-state index in [0.29, 0.717) is 5.89 Å². The highest BCUT2D eigenvalue weighted by atomic mass is 16.5. The van der Waals surface area contributed by atoms with Crippen LogP contribution < -0.4 is 10.2 Å². The molecule has 1 aromatic heterocycles. The van der Waals surface area contributed by atoms with Crippen molar-refractivity contribution in [3.8, 4) is 11.8 Å². The third kappa shape index (κ3) is 3.70. The molecule has 0 aliphatic carbocycles. The molecule has 0 radical (unpaired) electrons. The Labute approximate surface area is 122 Å². The number of ether oxygens (including phenoxy) is 1. The molecule has 1 heterocycles. The molecule has 0 saturated heterocycles. The van der Waals surface area contributed by atoms with Gasteiger partial charge in [-0.1, -0.05) is 18.2 Å². The van der Waals surface area contributed by atoms with Crippen molar-refractivity contribution < 1.29 is 9.15 Å². The van der Waals surface area contributed by atoms with Crippen molar-refractivity contribution in [3.05, 3.63) is 47.5 Å². The Morgan fingerprint density at radius 2 is 2.24 bits per heavy atom. The van der Waals surface area contributed by atoms with E-state index in [1.807, 2.05) is 36.4 Å².